The number of alkyl carbamates (subject to hydrolysis) is 1. The van der Waals surface area contributed by atoms with Crippen molar-refractivity contribution in [2.75, 3.05) is 6.61 Å². The maximum Gasteiger partial charge on any atom is 0.408 e. The molecule has 4 fully saturated rings. The summed E-state index contributed by atoms with van der Waals surface area (Å²) >= 11 is 2.66. The molecular formula is C33H36N4O9S2. The molecule has 4 heterocycles. The highest BCUT2D eigenvalue weighted by atomic mass is 32.2. The number of hydrogen-bond acceptors (Lipinski definition) is 10. The van der Waals surface area contributed by atoms with Gasteiger partial charge in [-0.25, -0.2) is 14.4 Å². The minimum absolute atomic E-state index is 0.00397. The third-order valence-electron chi connectivity index (χ3n) is 9.35. The number of ether oxygens (including phenoxy) is 2. The number of hydrogen-bond donors (Lipinski definition) is 3. The third kappa shape index (κ3) is 5.55. The summed E-state index contributed by atoms with van der Waals surface area (Å²) in [6.07, 6.45) is -0.603. The number of carboxylic acids is 1. The number of carboxylic acid groups (broad SMARTS) is 1. The average Bonchev–Trinajstić information content (AvgIpc) is 3.41. The molecule has 2 aromatic carbocycles. The first-order valence-corrected chi connectivity index (χ1v) is 17.2. The van der Waals surface area contributed by atoms with Crippen LogP contribution in [0.3, 0.4) is 0 Å². The van der Waals surface area contributed by atoms with Gasteiger partial charge in [-0.05, 0) is 38.8 Å². The van der Waals surface area contributed by atoms with Gasteiger partial charge in [-0.2, -0.15) is 0 Å². The van der Waals surface area contributed by atoms with Gasteiger partial charge in [-0.1, -0.05) is 60.7 Å². The predicted octanol–water partition coefficient (Wildman–Crippen LogP) is 2.65. The molecule has 254 valence electrons. The van der Waals surface area contributed by atoms with Crippen molar-refractivity contribution >= 4 is 59.3 Å². The van der Waals surface area contributed by atoms with Gasteiger partial charge >= 0.3 is 18.0 Å². The van der Waals surface area contributed by atoms with Gasteiger partial charge in [0.2, 0.25) is 17.7 Å². The van der Waals surface area contributed by atoms with E-state index < -0.39 is 75.0 Å². The van der Waals surface area contributed by atoms with Crippen LogP contribution in [0, 0.1) is 0 Å². The minimum atomic E-state index is -1.76. The third-order valence-corrected chi connectivity index (χ3v) is 12.5. The predicted molar refractivity (Wildman–Crippen MR) is 175 cm³/mol. The Morgan fingerprint density at radius 2 is 1.60 bits per heavy atom. The number of esters is 1. The zero-order valence-electron chi connectivity index (χ0n) is 26.7. The number of rotatable bonds is 10. The van der Waals surface area contributed by atoms with Crippen LogP contribution < -0.4 is 10.6 Å². The summed E-state index contributed by atoms with van der Waals surface area (Å²) in [7, 11) is 0. The van der Waals surface area contributed by atoms with Gasteiger partial charge in [-0.15, -0.1) is 23.5 Å². The van der Waals surface area contributed by atoms with Crippen molar-refractivity contribution < 1.29 is 43.3 Å². The normalized spacial score (nSPS) is 28.2. The van der Waals surface area contributed by atoms with Crippen LogP contribution in [0.4, 0.5) is 4.79 Å². The van der Waals surface area contributed by atoms with Crippen molar-refractivity contribution in [3.05, 3.63) is 71.8 Å². The zero-order valence-corrected chi connectivity index (χ0v) is 28.3. The second-order valence-corrected chi connectivity index (χ2v) is 16.7. The Kier molecular flexibility index (Phi) is 8.65. The number of nitrogens with one attached hydrogen (secondary N) is 2. The number of nitrogens with zero attached hydrogens (tertiary/aromatic N) is 2. The van der Waals surface area contributed by atoms with Crippen LogP contribution in [0.1, 0.15) is 51.3 Å². The molecule has 3 N–H and O–H groups in total. The average molecular weight is 697 g/mol. The lowest BCUT2D eigenvalue weighted by Crippen LogP contribution is -2.72. The summed E-state index contributed by atoms with van der Waals surface area (Å²) in [6.45, 7) is 6.38. The van der Waals surface area contributed by atoms with Crippen molar-refractivity contribution in [1.29, 1.82) is 0 Å². The Morgan fingerprint density at radius 1 is 0.958 bits per heavy atom. The van der Waals surface area contributed by atoms with Gasteiger partial charge in [0.25, 0.3) is 0 Å². The molecule has 48 heavy (non-hydrogen) atoms. The fraction of sp³-hybridized carbons (Fsp3) is 0.455. The lowest BCUT2D eigenvalue weighted by Gasteiger charge is -2.46. The van der Waals surface area contributed by atoms with Crippen LogP contribution in [0.5, 0.6) is 0 Å². The van der Waals surface area contributed by atoms with Crippen molar-refractivity contribution in [2.24, 2.45) is 0 Å². The Hall–Kier alpha value is -4.24. The van der Waals surface area contributed by atoms with Crippen molar-refractivity contribution in [2.45, 2.75) is 84.6 Å². The molecule has 0 radical (unpaired) electrons. The molecule has 4 aliphatic heterocycles. The highest BCUT2D eigenvalue weighted by Gasteiger charge is 2.71. The highest BCUT2D eigenvalue weighted by Crippen LogP contribution is 2.57. The Bertz CT molecular complexity index is 1660. The zero-order chi connectivity index (χ0) is 34.6. The van der Waals surface area contributed by atoms with Gasteiger partial charge in [0.15, 0.2) is 5.54 Å². The standard InChI is InChI=1S/C33H36N4O9S2/c1-31(2)24(28(41)46-17-33(29(42)43)32(3,4)47-21-15-20(38)37(21)33)36-26(40)23(27(36)48-31)34-25(39)22(19-13-9-6-10-14-19)35-30(44)45-16-18-11-7-5-8-12-18/h5-14,21-24,27H,15-17H2,1-4H3,(H,34,39)(H,35,44)(H,42,43)/t21-,22?,23-,24+,27-,33+/m1/s1. The van der Waals surface area contributed by atoms with Crippen LogP contribution in [-0.2, 0) is 40.1 Å². The van der Waals surface area contributed by atoms with Gasteiger partial charge < -0.3 is 35.0 Å². The first-order valence-electron chi connectivity index (χ1n) is 15.4. The van der Waals surface area contributed by atoms with E-state index in [4.69, 9.17) is 9.47 Å². The molecule has 0 spiro atoms. The topological polar surface area (TPSA) is 172 Å². The quantitative estimate of drug-likeness (QED) is 0.246. The fourth-order valence-corrected chi connectivity index (χ4v) is 10.1. The Labute approximate surface area is 285 Å². The first kappa shape index (κ1) is 33.7. The van der Waals surface area contributed by atoms with E-state index >= 15 is 0 Å². The maximum absolute atomic E-state index is 13.6. The summed E-state index contributed by atoms with van der Waals surface area (Å²) < 4.78 is 9.20. The van der Waals surface area contributed by atoms with Crippen molar-refractivity contribution in [3.63, 3.8) is 0 Å². The SMILES string of the molecule is CC1(C)S[C@@H]2[C@H](NC(=O)C(NC(=O)OCc3ccccc3)c3ccccc3)C(=O)N2[C@H]1C(=O)OC[C@@]1(C(=O)O)N2C(=O)C[C@H]2SC1(C)C. The van der Waals surface area contributed by atoms with Crippen LogP contribution in [0.25, 0.3) is 0 Å². The number of thioether (sulfide) groups is 2. The summed E-state index contributed by atoms with van der Waals surface area (Å²) in [5.41, 5.74) is -0.524. The molecule has 0 aliphatic carbocycles. The summed E-state index contributed by atoms with van der Waals surface area (Å²) in [5, 5.41) is 14.7. The van der Waals surface area contributed by atoms with E-state index in [0.29, 0.717) is 5.56 Å². The Morgan fingerprint density at radius 3 is 2.23 bits per heavy atom. The molecule has 0 saturated carbocycles. The molecule has 13 nitrogen and oxygen atoms in total. The molecule has 6 atom stereocenters. The largest absolute Gasteiger partial charge is 0.479 e. The number of fused-ring (bicyclic) bond motifs is 2. The fourth-order valence-electron chi connectivity index (χ4n) is 6.78. The molecule has 2 aromatic rings. The molecule has 4 saturated heterocycles. The van der Waals surface area contributed by atoms with Gasteiger partial charge in [0.05, 0.1) is 16.5 Å². The van der Waals surface area contributed by atoms with E-state index in [9.17, 15) is 33.9 Å². The molecule has 6 rings (SSSR count). The smallest absolute Gasteiger partial charge is 0.408 e. The molecule has 4 aliphatic rings. The number of β-lactam (4-membered cyclic amide) rings is 2. The Balaban J connectivity index is 1.13. The number of carbonyl (C=O) groups excluding carboxylic acids is 5. The van der Waals surface area contributed by atoms with Crippen molar-refractivity contribution in [1.82, 2.24) is 20.4 Å². The number of amides is 4. The van der Waals surface area contributed by atoms with Crippen LogP contribution in [0.2, 0.25) is 0 Å². The van der Waals surface area contributed by atoms with E-state index in [2.05, 4.69) is 10.6 Å². The monoisotopic (exact) mass is 696 g/mol. The van der Waals surface area contributed by atoms with E-state index in [1.807, 2.05) is 18.2 Å². The molecule has 4 amide bonds. The van der Waals surface area contributed by atoms with Gasteiger partial charge in [0, 0.05) is 4.75 Å². The lowest BCUT2D eigenvalue weighted by molar-refractivity contribution is -0.180. The van der Waals surface area contributed by atoms with Gasteiger partial charge in [0.1, 0.15) is 36.7 Å². The molecular weight excluding hydrogens is 661 g/mol. The maximum atomic E-state index is 13.6. The number of aliphatic carboxylic acids is 1. The van der Waals surface area contributed by atoms with Gasteiger partial charge in [-0.3, -0.25) is 14.4 Å². The molecule has 15 heteroatoms. The summed E-state index contributed by atoms with van der Waals surface area (Å²) in [5.74, 6) is -3.55. The molecule has 1 unspecified atom stereocenters. The molecule has 0 bridgehead atoms. The second kappa shape index (κ2) is 12.3. The van der Waals surface area contributed by atoms with Crippen LogP contribution >= 0.6 is 23.5 Å². The van der Waals surface area contributed by atoms with E-state index in [-0.39, 0.29) is 24.3 Å². The van der Waals surface area contributed by atoms with E-state index in [1.54, 1.807) is 70.2 Å². The molecule has 0 aromatic heterocycles. The van der Waals surface area contributed by atoms with Crippen LogP contribution in [0.15, 0.2) is 60.7 Å². The second-order valence-electron chi connectivity index (χ2n) is 13.1. The van der Waals surface area contributed by atoms with E-state index in [0.717, 1.165) is 5.56 Å². The number of benzene rings is 2. The summed E-state index contributed by atoms with van der Waals surface area (Å²) in [6, 6.07) is 14.3. The minimum Gasteiger partial charge on any atom is -0.479 e. The summed E-state index contributed by atoms with van der Waals surface area (Å²) in [4.78, 5) is 81.3. The number of carbonyl (C=O) groups is 6. The van der Waals surface area contributed by atoms with Crippen molar-refractivity contribution in [3.8, 4) is 0 Å². The first-order chi connectivity index (χ1) is 22.7. The van der Waals surface area contributed by atoms with Crippen LogP contribution in [-0.4, -0.2) is 95.1 Å². The lowest BCUT2D eigenvalue weighted by atomic mass is 9.82. The van der Waals surface area contributed by atoms with E-state index in [1.165, 1.54) is 33.3 Å². The highest BCUT2D eigenvalue weighted by molar-refractivity contribution is 8.02.